The highest BCUT2D eigenvalue weighted by Gasteiger charge is 2.25. The number of hydrogen-bond donors (Lipinski definition) is 1. The minimum atomic E-state index is -0.547. The maximum atomic E-state index is 11.0. The first kappa shape index (κ1) is 11.0. The van der Waals surface area contributed by atoms with Gasteiger partial charge >= 0.3 is 0 Å². The number of primary amides is 1. The van der Waals surface area contributed by atoms with Gasteiger partial charge in [-0.15, -0.1) is 0 Å². The van der Waals surface area contributed by atoms with E-state index in [4.69, 9.17) is 10.2 Å². The number of nitrogens with zero attached hydrogens (tertiary/aromatic N) is 1. The van der Waals surface area contributed by atoms with Gasteiger partial charge in [0.25, 0.3) is 5.91 Å². The van der Waals surface area contributed by atoms with Crippen LogP contribution in [0.5, 0.6) is 0 Å². The Bertz CT molecular complexity index is 589. The van der Waals surface area contributed by atoms with Crippen molar-refractivity contribution in [2.24, 2.45) is 5.73 Å². The number of rotatable bonds is 2. The zero-order valence-corrected chi connectivity index (χ0v) is 9.93. The van der Waals surface area contributed by atoms with Crippen molar-refractivity contribution in [1.82, 2.24) is 4.98 Å². The topological polar surface area (TPSA) is 69.1 Å². The van der Waals surface area contributed by atoms with E-state index in [1.807, 2.05) is 12.1 Å². The van der Waals surface area contributed by atoms with Crippen LogP contribution in [-0.2, 0) is 6.42 Å². The molecule has 0 unspecified atom stereocenters. The van der Waals surface area contributed by atoms with E-state index >= 15 is 0 Å². The third-order valence-electron chi connectivity index (χ3n) is 3.44. The van der Waals surface area contributed by atoms with Gasteiger partial charge in [-0.2, -0.15) is 0 Å². The maximum Gasteiger partial charge on any atom is 0.270 e. The fourth-order valence-electron chi connectivity index (χ4n) is 2.57. The molecular weight excluding hydrogens is 228 g/mol. The highest BCUT2D eigenvalue weighted by atomic mass is 16.3. The summed E-state index contributed by atoms with van der Waals surface area (Å²) in [6, 6.07) is 8.31. The van der Waals surface area contributed by atoms with Gasteiger partial charge in [-0.25, -0.2) is 4.98 Å². The standard InChI is InChI=1S/C14H14N2O2/c15-13(17)12-8-18-14(16-12)11-7-3-5-9-4-1-2-6-10(9)11/h1-2,4,6,8,11H,3,5,7H2,(H2,15,17)/t11-/m1/s1. The van der Waals surface area contributed by atoms with Crippen LogP contribution in [0.2, 0.25) is 0 Å². The van der Waals surface area contributed by atoms with E-state index in [2.05, 4.69) is 17.1 Å². The number of aryl methyl sites for hydroxylation is 1. The number of benzene rings is 1. The molecule has 0 saturated carbocycles. The van der Waals surface area contributed by atoms with Crippen molar-refractivity contribution in [1.29, 1.82) is 0 Å². The van der Waals surface area contributed by atoms with E-state index in [9.17, 15) is 4.79 Å². The predicted octanol–water partition coefficient (Wildman–Crippen LogP) is 2.24. The smallest absolute Gasteiger partial charge is 0.270 e. The molecule has 0 fully saturated rings. The SMILES string of the molecule is NC(=O)c1coc([C@@H]2CCCc3ccccc32)n1. The van der Waals surface area contributed by atoms with Crippen LogP contribution < -0.4 is 5.73 Å². The quantitative estimate of drug-likeness (QED) is 0.878. The van der Waals surface area contributed by atoms with Crippen molar-refractivity contribution in [2.45, 2.75) is 25.2 Å². The molecule has 2 aromatic rings. The first-order chi connectivity index (χ1) is 8.75. The number of carbonyl (C=O) groups excluding carboxylic acids is 1. The van der Waals surface area contributed by atoms with Gasteiger partial charge in [-0.3, -0.25) is 4.79 Å². The summed E-state index contributed by atoms with van der Waals surface area (Å²) >= 11 is 0. The van der Waals surface area contributed by atoms with Crippen molar-refractivity contribution >= 4 is 5.91 Å². The van der Waals surface area contributed by atoms with Gasteiger partial charge in [-0.05, 0) is 30.4 Å². The number of nitrogens with two attached hydrogens (primary N) is 1. The Balaban J connectivity index is 2.00. The number of carbonyl (C=O) groups is 1. The van der Waals surface area contributed by atoms with Gasteiger partial charge in [0.2, 0.25) is 5.89 Å². The first-order valence-corrected chi connectivity index (χ1v) is 6.09. The number of oxazole rings is 1. The van der Waals surface area contributed by atoms with Gasteiger partial charge in [0.15, 0.2) is 5.69 Å². The average molecular weight is 242 g/mol. The summed E-state index contributed by atoms with van der Waals surface area (Å²) in [4.78, 5) is 15.2. The molecule has 0 spiro atoms. The largest absolute Gasteiger partial charge is 0.447 e. The van der Waals surface area contributed by atoms with Gasteiger partial charge in [0.1, 0.15) is 6.26 Å². The van der Waals surface area contributed by atoms with Crippen molar-refractivity contribution in [2.75, 3.05) is 0 Å². The minimum absolute atomic E-state index is 0.142. The predicted molar refractivity (Wildman–Crippen MR) is 66.2 cm³/mol. The molecule has 4 heteroatoms. The molecule has 0 bridgehead atoms. The Morgan fingerprint density at radius 3 is 3.00 bits per heavy atom. The minimum Gasteiger partial charge on any atom is -0.447 e. The van der Waals surface area contributed by atoms with Crippen molar-refractivity contribution in [3.8, 4) is 0 Å². The van der Waals surface area contributed by atoms with Gasteiger partial charge in [0, 0.05) is 0 Å². The first-order valence-electron chi connectivity index (χ1n) is 6.09. The lowest BCUT2D eigenvalue weighted by molar-refractivity contribution is 0.0995. The Labute approximate surface area is 105 Å². The molecule has 1 aliphatic rings. The Morgan fingerprint density at radius 2 is 2.22 bits per heavy atom. The molecule has 1 aromatic carbocycles. The summed E-state index contributed by atoms with van der Waals surface area (Å²) in [5.74, 6) is 0.188. The van der Waals surface area contributed by atoms with Crippen LogP contribution in [0, 0.1) is 0 Å². The summed E-state index contributed by atoms with van der Waals surface area (Å²) in [6.07, 6.45) is 4.54. The molecule has 92 valence electrons. The molecule has 1 aromatic heterocycles. The van der Waals surface area contributed by atoms with Gasteiger partial charge < -0.3 is 10.2 Å². The van der Waals surface area contributed by atoms with E-state index in [1.165, 1.54) is 17.4 Å². The lowest BCUT2D eigenvalue weighted by Gasteiger charge is -2.22. The number of amides is 1. The molecule has 1 heterocycles. The lowest BCUT2D eigenvalue weighted by atomic mass is 9.83. The fourth-order valence-corrected chi connectivity index (χ4v) is 2.57. The average Bonchev–Trinajstić information content (AvgIpc) is 2.87. The Kier molecular flexibility index (Phi) is 2.63. The lowest BCUT2D eigenvalue weighted by Crippen LogP contribution is -2.13. The zero-order chi connectivity index (χ0) is 12.5. The summed E-state index contributed by atoms with van der Waals surface area (Å²) < 4.78 is 5.41. The van der Waals surface area contributed by atoms with E-state index in [0.29, 0.717) is 5.89 Å². The molecule has 0 aliphatic heterocycles. The van der Waals surface area contributed by atoms with Crippen LogP contribution >= 0.6 is 0 Å². The summed E-state index contributed by atoms with van der Waals surface area (Å²) in [7, 11) is 0. The van der Waals surface area contributed by atoms with Crippen LogP contribution in [0.4, 0.5) is 0 Å². The molecule has 2 N–H and O–H groups in total. The van der Waals surface area contributed by atoms with E-state index in [1.54, 1.807) is 0 Å². The number of hydrogen-bond acceptors (Lipinski definition) is 3. The van der Waals surface area contributed by atoms with Crippen LogP contribution in [0.15, 0.2) is 34.9 Å². The van der Waals surface area contributed by atoms with Crippen molar-refractivity contribution in [3.05, 3.63) is 53.2 Å². The van der Waals surface area contributed by atoms with Crippen molar-refractivity contribution < 1.29 is 9.21 Å². The van der Waals surface area contributed by atoms with Crippen LogP contribution in [0.25, 0.3) is 0 Å². The Hall–Kier alpha value is -2.10. The third-order valence-corrected chi connectivity index (χ3v) is 3.44. The van der Waals surface area contributed by atoms with Gasteiger partial charge in [-0.1, -0.05) is 24.3 Å². The van der Waals surface area contributed by atoms with E-state index < -0.39 is 5.91 Å². The molecule has 0 radical (unpaired) electrons. The number of aromatic nitrogens is 1. The summed E-state index contributed by atoms with van der Waals surface area (Å²) in [5, 5.41) is 0. The molecule has 4 nitrogen and oxygen atoms in total. The molecule has 1 aliphatic carbocycles. The van der Waals surface area contributed by atoms with Crippen LogP contribution in [-0.4, -0.2) is 10.9 Å². The molecule has 18 heavy (non-hydrogen) atoms. The second-order valence-corrected chi connectivity index (χ2v) is 4.58. The fraction of sp³-hybridized carbons (Fsp3) is 0.286. The number of fused-ring (bicyclic) bond motifs is 1. The Morgan fingerprint density at radius 1 is 1.39 bits per heavy atom. The zero-order valence-electron chi connectivity index (χ0n) is 9.93. The second-order valence-electron chi connectivity index (χ2n) is 4.58. The van der Waals surface area contributed by atoms with Crippen LogP contribution in [0.3, 0.4) is 0 Å². The summed E-state index contributed by atoms with van der Waals surface area (Å²) in [6.45, 7) is 0. The normalized spacial score (nSPS) is 18.3. The molecule has 3 rings (SSSR count). The van der Waals surface area contributed by atoms with Gasteiger partial charge in [0.05, 0.1) is 5.92 Å². The molecular formula is C14H14N2O2. The van der Waals surface area contributed by atoms with E-state index in [0.717, 1.165) is 19.3 Å². The molecule has 1 atom stereocenters. The highest BCUT2D eigenvalue weighted by molar-refractivity contribution is 5.90. The monoisotopic (exact) mass is 242 g/mol. The highest BCUT2D eigenvalue weighted by Crippen LogP contribution is 2.35. The summed E-state index contributed by atoms with van der Waals surface area (Å²) in [5.41, 5.74) is 7.98. The molecule has 0 saturated heterocycles. The van der Waals surface area contributed by atoms with E-state index in [-0.39, 0.29) is 11.6 Å². The third kappa shape index (κ3) is 1.79. The van der Waals surface area contributed by atoms with Crippen LogP contribution in [0.1, 0.15) is 46.3 Å². The maximum absolute atomic E-state index is 11.0. The van der Waals surface area contributed by atoms with Crippen molar-refractivity contribution in [3.63, 3.8) is 0 Å². The second kappa shape index (κ2) is 4.29. The molecule has 1 amide bonds.